The van der Waals surface area contributed by atoms with Gasteiger partial charge in [-0.25, -0.2) is 4.39 Å². The molecule has 0 saturated heterocycles. The number of aromatic nitrogens is 1. The molecule has 0 aliphatic rings. The van der Waals surface area contributed by atoms with Gasteiger partial charge in [0.1, 0.15) is 0 Å². The highest BCUT2D eigenvalue weighted by Gasteiger charge is 2.07. The van der Waals surface area contributed by atoms with E-state index in [0.717, 1.165) is 6.20 Å². The van der Waals surface area contributed by atoms with E-state index in [9.17, 15) is 9.18 Å². The number of hydrogen-bond donors (Lipinski definition) is 0. The van der Waals surface area contributed by atoms with Gasteiger partial charge in [0.25, 0.3) is 0 Å². The molecule has 0 aliphatic heterocycles. The Labute approximate surface area is 89.4 Å². The molecule has 0 bridgehead atoms. The second-order valence-corrected chi connectivity index (χ2v) is 3.43. The minimum absolute atomic E-state index is 0.0622. The number of hydrogen-bond acceptors (Lipinski definition) is 3. The van der Waals surface area contributed by atoms with Gasteiger partial charge in [0.2, 0.25) is 0 Å². The van der Waals surface area contributed by atoms with E-state index in [1.807, 2.05) is 0 Å². The van der Waals surface area contributed by atoms with Crippen LogP contribution < -0.4 is 0 Å². The van der Waals surface area contributed by atoms with E-state index in [1.165, 1.54) is 6.07 Å². The van der Waals surface area contributed by atoms with E-state index < -0.39 is 5.82 Å². The minimum Gasteiger partial charge on any atom is -0.466 e. The van der Waals surface area contributed by atoms with Crippen LogP contribution in [0.4, 0.5) is 4.39 Å². The lowest BCUT2D eigenvalue weighted by atomic mass is 10.3. The van der Waals surface area contributed by atoms with Crippen LogP contribution in [-0.4, -0.2) is 17.6 Å². The van der Waals surface area contributed by atoms with Crippen LogP contribution in [0.25, 0.3) is 0 Å². The Bertz CT molecular complexity index is 344. The van der Waals surface area contributed by atoms with Crippen molar-refractivity contribution in [3.63, 3.8) is 0 Å². The lowest BCUT2D eigenvalue weighted by Crippen LogP contribution is -2.08. The molecule has 0 aliphatic carbocycles. The van der Waals surface area contributed by atoms with E-state index in [4.69, 9.17) is 4.74 Å². The summed E-state index contributed by atoms with van der Waals surface area (Å²) in [6.07, 6.45) is 1.13. The zero-order valence-electron chi connectivity index (χ0n) is 7.59. The van der Waals surface area contributed by atoms with Crippen LogP contribution in [0.1, 0.15) is 12.6 Å². The van der Waals surface area contributed by atoms with E-state index in [0.29, 0.717) is 16.8 Å². The van der Waals surface area contributed by atoms with Crippen LogP contribution >= 0.6 is 15.9 Å². The van der Waals surface area contributed by atoms with Crippen LogP contribution in [0.15, 0.2) is 16.7 Å². The SMILES string of the molecule is CCOC(=O)Cc1cc(Br)c(F)cn1. The first-order chi connectivity index (χ1) is 6.63. The summed E-state index contributed by atoms with van der Waals surface area (Å²) < 4.78 is 17.8. The lowest BCUT2D eigenvalue weighted by molar-refractivity contribution is -0.142. The normalized spacial score (nSPS) is 9.93. The van der Waals surface area contributed by atoms with Crippen molar-refractivity contribution in [3.05, 3.63) is 28.2 Å². The van der Waals surface area contributed by atoms with Crippen LogP contribution in [0.2, 0.25) is 0 Å². The molecular formula is C9H9BrFNO2. The number of pyridine rings is 1. The van der Waals surface area contributed by atoms with Crippen LogP contribution in [-0.2, 0) is 16.0 Å². The third kappa shape index (κ3) is 3.06. The van der Waals surface area contributed by atoms with Crippen molar-refractivity contribution in [2.75, 3.05) is 6.61 Å². The molecule has 0 radical (unpaired) electrons. The number of nitrogens with zero attached hydrogens (tertiary/aromatic N) is 1. The van der Waals surface area contributed by atoms with Gasteiger partial charge in [0, 0.05) is 0 Å². The highest BCUT2D eigenvalue weighted by atomic mass is 79.9. The first kappa shape index (κ1) is 11.1. The molecule has 76 valence electrons. The quantitative estimate of drug-likeness (QED) is 0.783. The van der Waals surface area contributed by atoms with Crippen molar-refractivity contribution in [3.8, 4) is 0 Å². The molecule has 3 nitrogen and oxygen atoms in total. The fourth-order valence-corrected chi connectivity index (χ4v) is 1.28. The maximum Gasteiger partial charge on any atom is 0.311 e. The largest absolute Gasteiger partial charge is 0.466 e. The summed E-state index contributed by atoms with van der Waals surface area (Å²) in [5.74, 6) is -0.809. The van der Waals surface area contributed by atoms with Crippen molar-refractivity contribution in [1.29, 1.82) is 0 Å². The van der Waals surface area contributed by atoms with Gasteiger partial charge in [-0.05, 0) is 28.9 Å². The number of esters is 1. The summed E-state index contributed by atoms with van der Waals surface area (Å²) >= 11 is 3.01. The summed E-state index contributed by atoms with van der Waals surface area (Å²) in [5, 5.41) is 0. The molecular weight excluding hydrogens is 253 g/mol. The predicted octanol–water partition coefficient (Wildman–Crippen LogP) is 2.09. The average Bonchev–Trinajstić information content (AvgIpc) is 2.12. The first-order valence-electron chi connectivity index (χ1n) is 4.09. The van der Waals surface area contributed by atoms with Gasteiger partial charge >= 0.3 is 5.97 Å². The Morgan fingerprint density at radius 1 is 1.71 bits per heavy atom. The standard InChI is InChI=1S/C9H9BrFNO2/c1-2-14-9(13)4-6-3-7(10)8(11)5-12-6/h3,5H,2,4H2,1H3. The zero-order valence-corrected chi connectivity index (χ0v) is 9.17. The van der Waals surface area contributed by atoms with E-state index in [1.54, 1.807) is 6.92 Å². The van der Waals surface area contributed by atoms with Crippen LogP contribution in [0.3, 0.4) is 0 Å². The van der Waals surface area contributed by atoms with Crippen molar-refractivity contribution in [2.45, 2.75) is 13.3 Å². The molecule has 0 N–H and O–H groups in total. The van der Waals surface area contributed by atoms with Gasteiger partial charge in [0.15, 0.2) is 5.82 Å². The molecule has 0 amide bonds. The molecule has 0 fully saturated rings. The monoisotopic (exact) mass is 261 g/mol. The van der Waals surface area contributed by atoms with Crippen molar-refractivity contribution >= 4 is 21.9 Å². The van der Waals surface area contributed by atoms with Crippen molar-refractivity contribution < 1.29 is 13.9 Å². The third-order valence-corrected chi connectivity index (χ3v) is 2.10. The third-order valence-electron chi connectivity index (χ3n) is 1.50. The Hall–Kier alpha value is -0.970. The van der Waals surface area contributed by atoms with Crippen LogP contribution in [0, 0.1) is 5.82 Å². The fraction of sp³-hybridized carbons (Fsp3) is 0.333. The molecule has 5 heteroatoms. The summed E-state index contributed by atoms with van der Waals surface area (Å²) in [6, 6.07) is 1.46. The van der Waals surface area contributed by atoms with Gasteiger partial charge in [-0.1, -0.05) is 0 Å². The fourth-order valence-electron chi connectivity index (χ4n) is 0.910. The smallest absolute Gasteiger partial charge is 0.311 e. The van der Waals surface area contributed by atoms with E-state index in [-0.39, 0.29) is 12.4 Å². The molecule has 0 unspecified atom stereocenters. The second kappa shape index (κ2) is 5.05. The number of halogens is 2. The Balaban J connectivity index is 2.68. The van der Waals surface area contributed by atoms with Crippen molar-refractivity contribution in [1.82, 2.24) is 4.98 Å². The summed E-state index contributed by atoms with van der Waals surface area (Å²) in [7, 11) is 0. The van der Waals surface area contributed by atoms with Gasteiger partial charge < -0.3 is 4.74 Å². The number of ether oxygens (including phenoxy) is 1. The maximum absolute atomic E-state index is 12.8. The molecule has 0 spiro atoms. The topological polar surface area (TPSA) is 39.2 Å². The molecule has 1 aromatic rings. The van der Waals surface area contributed by atoms with Gasteiger partial charge in [-0.15, -0.1) is 0 Å². The first-order valence-corrected chi connectivity index (χ1v) is 4.88. The van der Waals surface area contributed by atoms with Crippen LogP contribution in [0.5, 0.6) is 0 Å². The Morgan fingerprint density at radius 3 is 3.00 bits per heavy atom. The highest BCUT2D eigenvalue weighted by Crippen LogP contribution is 2.15. The number of carbonyl (C=O) groups is 1. The van der Waals surface area contributed by atoms with E-state index in [2.05, 4.69) is 20.9 Å². The molecule has 0 aromatic carbocycles. The van der Waals surface area contributed by atoms with Gasteiger partial charge in [-0.3, -0.25) is 9.78 Å². The molecule has 1 aromatic heterocycles. The predicted molar refractivity (Wildman–Crippen MR) is 52.2 cm³/mol. The summed E-state index contributed by atoms with van der Waals surface area (Å²) in [5.41, 5.74) is 0.483. The molecule has 1 rings (SSSR count). The van der Waals surface area contributed by atoms with Gasteiger partial charge in [0.05, 0.1) is 29.4 Å². The average molecular weight is 262 g/mol. The molecule has 1 heterocycles. The lowest BCUT2D eigenvalue weighted by Gasteiger charge is -2.01. The number of rotatable bonds is 3. The van der Waals surface area contributed by atoms with Gasteiger partial charge in [-0.2, -0.15) is 0 Å². The minimum atomic E-state index is -0.447. The zero-order chi connectivity index (χ0) is 10.6. The molecule has 14 heavy (non-hydrogen) atoms. The molecule has 0 atom stereocenters. The molecule has 0 saturated carbocycles. The highest BCUT2D eigenvalue weighted by molar-refractivity contribution is 9.10. The second-order valence-electron chi connectivity index (χ2n) is 2.57. The van der Waals surface area contributed by atoms with E-state index >= 15 is 0 Å². The summed E-state index contributed by atoms with van der Waals surface area (Å²) in [6.45, 7) is 2.06. The Morgan fingerprint density at radius 2 is 2.43 bits per heavy atom. The summed E-state index contributed by atoms with van der Waals surface area (Å²) in [4.78, 5) is 14.8. The van der Waals surface area contributed by atoms with Crippen molar-refractivity contribution in [2.24, 2.45) is 0 Å². The maximum atomic E-state index is 12.8. The Kier molecular flexibility index (Phi) is 4.00. The number of carbonyl (C=O) groups excluding carboxylic acids is 1.